The zero-order chi connectivity index (χ0) is 17.1. The summed E-state index contributed by atoms with van der Waals surface area (Å²) in [5, 5.41) is 0. The number of hydrogen-bond donors (Lipinski definition) is 0. The average molecular weight is 333 g/mol. The molecule has 25 heavy (non-hydrogen) atoms. The fourth-order valence-corrected chi connectivity index (χ4v) is 4.35. The minimum atomic E-state index is 0.585. The van der Waals surface area contributed by atoms with Gasteiger partial charge < -0.3 is 4.74 Å². The summed E-state index contributed by atoms with van der Waals surface area (Å²) in [6.45, 7) is 1.77. The molecule has 1 fully saturated rings. The van der Waals surface area contributed by atoms with Gasteiger partial charge in [-0.2, -0.15) is 0 Å². The SMILES string of the molecule is COCc1ccc(C2=CC3CCCC(C2)N3Cc2ccccc2)cc1. The second kappa shape index (κ2) is 7.55. The van der Waals surface area contributed by atoms with Crippen LogP contribution in [0.3, 0.4) is 0 Å². The summed E-state index contributed by atoms with van der Waals surface area (Å²) >= 11 is 0. The minimum Gasteiger partial charge on any atom is -0.380 e. The van der Waals surface area contributed by atoms with Crippen LogP contribution in [0.15, 0.2) is 60.7 Å². The van der Waals surface area contributed by atoms with E-state index < -0.39 is 0 Å². The van der Waals surface area contributed by atoms with E-state index in [1.807, 2.05) is 0 Å². The lowest BCUT2D eigenvalue weighted by atomic mass is 9.82. The third-order valence-electron chi connectivity index (χ3n) is 5.63. The molecule has 2 aromatic rings. The molecule has 1 saturated heterocycles. The lowest BCUT2D eigenvalue weighted by Gasteiger charge is -2.45. The first-order valence-electron chi connectivity index (χ1n) is 9.42. The van der Waals surface area contributed by atoms with Crippen molar-refractivity contribution in [2.24, 2.45) is 0 Å². The average Bonchev–Trinajstić information content (AvgIpc) is 2.63. The number of hydrogen-bond acceptors (Lipinski definition) is 2. The second-order valence-corrected chi connectivity index (χ2v) is 7.34. The largest absolute Gasteiger partial charge is 0.380 e. The van der Waals surface area contributed by atoms with Gasteiger partial charge in [0.15, 0.2) is 0 Å². The van der Waals surface area contributed by atoms with Gasteiger partial charge in [-0.3, -0.25) is 4.90 Å². The zero-order valence-corrected chi connectivity index (χ0v) is 15.0. The number of piperidine rings is 1. The van der Waals surface area contributed by atoms with Crippen molar-refractivity contribution in [1.29, 1.82) is 0 Å². The summed E-state index contributed by atoms with van der Waals surface area (Å²) in [7, 11) is 1.75. The Bertz CT molecular complexity index is 720. The molecular weight excluding hydrogens is 306 g/mol. The molecule has 130 valence electrons. The molecule has 2 aromatic carbocycles. The van der Waals surface area contributed by atoms with Crippen molar-refractivity contribution in [2.75, 3.05) is 7.11 Å². The van der Waals surface area contributed by atoms with E-state index in [-0.39, 0.29) is 0 Å². The summed E-state index contributed by atoms with van der Waals surface area (Å²) in [6, 6.07) is 21.1. The Kier molecular flexibility index (Phi) is 5.00. The Balaban J connectivity index is 1.54. The quantitative estimate of drug-likeness (QED) is 0.760. The number of fused-ring (bicyclic) bond motifs is 2. The van der Waals surface area contributed by atoms with Crippen molar-refractivity contribution < 1.29 is 4.74 Å². The van der Waals surface area contributed by atoms with Crippen LogP contribution >= 0.6 is 0 Å². The molecule has 0 N–H and O–H groups in total. The van der Waals surface area contributed by atoms with Crippen LogP contribution < -0.4 is 0 Å². The van der Waals surface area contributed by atoms with E-state index >= 15 is 0 Å². The molecule has 0 spiro atoms. The Morgan fingerprint density at radius 3 is 2.48 bits per heavy atom. The first kappa shape index (κ1) is 16.6. The van der Waals surface area contributed by atoms with Gasteiger partial charge in [0.2, 0.25) is 0 Å². The topological polar surface area (TPSA) is 12.5 Å². The molecular formula is C23H27NO. The number of benzene rings is 2. The van der Waals surface area contributed by atoms with Crippen molar-refractivity contribution >= 4 is 5.57 Å². The van der Waals surface area contributed by atoms with Crippen LogP contribution in [0.1, 0.15) is 42.4 Å². The van der Waals surface area contributed by atoms with Gasteiger partial charge in [0.05, 0.1) is 6.61 Å². The van der Waals surface area contributed by atoms with Gasteiger partial charge in [-0.25, -0.2) is 0 Å². The van der Waals surface area contributed by atoms with E-state index in [0.717, 1.165) is 6.54 Å². The molecule has 2 heteroatoms. The maximum absolute atomic E-state index is 5.22. The van der Waals surface area contributed by atoms with E-state index in [4.69, 9.17) is 4.74 Å². The van der Waals surface area contributed by atoms with Crippen LogP contribution in [-0.4, -0.2) is 24.1 Å². The maximum atomic E-state index is 5.22. The zero-order valence-electron chi connectivity index (χ0n) is 15.0. The minimum absolute atomic E-state index is 0.585. The summed E-state index contributed by atoms with van der Waals surface area (Å²) < 4.78 is 5.22. The first-order valence-corrected chi connectivity index (χ1v) is 9.42. The van der Waals surface area contributed by atoms with Crippen LogP contribution in [0, 0.1) is 0 Å². The molecule has 2 bridgehead atoms. The molecule has 0 aromatic heterocycles. The number of ether oxygens (including phenoxy) is 1. The third-order valence-corrected chi connectivity index (χ3v) is 5.63. The molecule has 0 radical (unpaired) electrons. The van der Waals surface area contributed by atoms with Gasteiger partial charge in [-0.15, -0.1) is 0 Å². The van der Waals surface area contributed by atoms with Crippen LogP contribution in [0.25, 0.3) is 5.57 Å². The monoisotopic (exact) mass is 333 g/mol. The van der Waals surface area contributed by atoms with E-state index in [0.29, 0.717) is 18.7 Å². The first-order chi connectivity index (χ1) is 12.3. The van der Waals surface area contributed by atoms with Gasteiger partial charge in [-0.1, -0.05) is 67.1 Å². The van der Waals surface area contributed by atoms with Crippen LogP contribution in [0.4, 0.5) is 0 Å². The van der Waals surface area contributed by atoms with E-state index in [1.165, 1.54) is 47.9 Å². The van der Waals surface area contributed by atoms with Gasteiger partial charge in [0, 0.05) is 25.7 Å². The predicted molar refractivity (Wildman–Crippen MR) is 103 cm³/mol. The summed E-state index contributed by atoms with van der Waals surface area (Å²) in [5.74, 6) is 0. The Labute approximate surface area is 151 Å². The standard InChI is InChI=1S/C23H27NO/c1-25-17-19-10-12-20(13-11-19)21-14-22-8-5-9-23(15-21)24(22)16-18-6-3-2-4-7-18/h2-4,6-7,10-14,22-23H,5,8-9,15-17H2,1H3. The molecule has 0 amide bonds. The van der Waals surface area contributed by atoms with Crippen molar-refractivity contribution in [3.05, 3.63) is 77.4 Å². The highest BCUT2D eigenvalue weighted by Crippen LogP contribution is 2.38. The van der Waals surface area contributed by atoms with Crippen LogP contribution in [-0.2, 0) is 17.9 Å². The van der Waals surface area contributed by atoms with Gasteiger partial charge in [-0.05, 0) is 41.5 Å². The molecule has 0 aliphatic carbocycles. The van der Waals surface area contributed by atoms with Gasteiger partial charge >= 0.3 is 0 Å². The van der Waals surface area contributed by atoms with E-state index in [1.54, 1.807) is 7.11 Å². The molecule has 2 heterocycles. The molecule has 0 saturated carbocycles. The normalized spacial score (nSPS) is 23.3. The number of nitrogens with zero attached hydrogens (tertiary/aromatic N) is 1. The predicted octanol–water partition coefficient (Wildman–Crippen LogP) is 5.04. The third kappa shape index (κ3) is 3.70. The molecule has 2 atom stereocenters. The van der Waals surface area contributed by atoms with Crippen LogP contribution in [0.5, 0.6) is 0 Å². The lowest BCUT2D eigenvalue weighted by molar-refractivity contribution is 0.0951. The molecule has 2 aliphatic rings. The Morgan fingerprint density at radius 2 is 1.76 bits per heavy atom. The lowest BCUT2D eigenvalue weighted by Crippen LogP contribution is -2.47. The molecule has 2 unspecified atom stereocenters. The van der Waals surface area contributed by atoms with Gasteiger partial charge in [0.1, 0.15) is 0 Å². The number of methoxy groups -OCH3 is 1. The summed E-state index contributed by atoms with van der Waals surface area (Å²) in [5.41, 5.74) is 5.59. The maximum Gasteiger partial charge on any atom is 0.0713 e. The molecule has 2 aliphatic heterocycles. The fourth-order valence-electron chi connectivity index (χ4n) is 4.35. The fraction of sp³-hybridized carbons (Fsp3) is 0.391. The summed E-state index contributed by atoms with van der Waals surface area (Å²) in [4.78, 5) is 2.72. The van der Waals surface area contributed by atoms with Crippen molar-refractivity contribution in [1.82, 2.24) is 4.90 Å². The van der Waals surface area contributed by atoms with Crippen molar-refractivity contribution in [2.45, 2.75) is 50.9 Å². The van der Waals surface area contributed by atoms with E-state index in [9.17, 15) is 0 Å². The number of rotatable bonds is 5. The van der Waals surface area contributed by atoms with Crippen molar-refractivity contribution in [3.8, 4) is 0 Å². The Morgan fingerprint density at radius 1 is 0.960 bits per heavy atom. The van der Waals surface area contributed by atoms with Crippen LogP contribution in [0.2, 0.25) is 0 Å². The molecule has 2 nitrogen and oxygen atoms in total. The second-order valence-electron chi connectivity index (χ2n) is 7.34. The highest BCUT2D eigenvalue weighted by atomic mass is 16.5. The Hall–Kier alpha value is -1.90. The highest BCUT2D eigenvalue weighted by molar-refractivity contribution is 5.68. The smallest absolute Gasteiger partial charge is 0.0713 e. The highest BCUT2D eigenvalue weighted by Gasteiger charge is 2.33. The van der Waals surface area contributed by atoms with E-state index in [2.05, 4.69) is 65.6 Å². The van der Waals surface area contributed by atoms with Gasteiger partial charge in [0.25, 0.3) is 0 Å². The van der Waals surface area contributed by atoms with Crippen molar-refractivity contribution in [3.63, 3.8) is 0 Å². The summed E-state index contributed by atoms with van der Waals surface area (Å²) in [6.07, 6.45) is 7.67. The molecule has 4 rings (SSSR count).